The van der Waals surface area contributed by atoms with Crippen molar-refractivity contribution >= 4 is 11.0 Å². The summed E-state index contributed by atoms with van der Waals surface area (Å²) in [6, 6.07) is 13.8. The van der Waals surface area contributed by atoms with Gasteiger partial charge in [-0.15, -0.1) is 0 Å². The van der Waals surface area contributed by atoms with Gasteiger partial charge in [0.15, 0.2) is 11.0 Å². The lowest BCUT2D eigenvalue weighted by atomic mass is 10.2. The molecule has 0 aliphatic heterocycles. The standard InChI is InChI=1S/C17H16F3N2.ClH/c1-2-21-12-22(11-13-6-4-3-5-7-13)15-9-8-14(10-16(15)21)17(18,19)20;/h3-10,12H,2,11H2,1H3;1H/q+1;/p-1. The number of hydrogen-bond donors (Lipinski definition) is 0. The topological polar surface area (TPSA) is 8.81 Å². The number of halogens is 4. The average molecular weight is 341 g/mol. The number of nitrogens with zero attached hydrogens (tertiary/aromatic N) is 2. The fourth-order valence-corrected chi connectivity index (χ4v) is 2.62. The number of hydrogen-bond acceptors (Lipinski definition) is 0. The molecule has 0 saturated heterocycles. The van der Waals surface area contributed by atoms with Crippen LogP contribution < -0.4 is 17.0 Å². The summed E-state index contributed by atoms with van der Waals surface area (Å²) in [6.45, 7) is 3.18. The van der Waals surface area contributed by atoms with Crippen molar-refractivity contribution in [2.24, 2.45) is 0 Å². The highest BCUT2D eigenvalue weighted by Crippen LogP contribution is 2.31. The van der Waals surface area contributed by atoms with Gasteiger partial charge in [-0.25, -0.2) is 9.13 Å². The molecule has 3 rings (SSSR count). The van der Waals surface area contributed by atoms with Crippen molar-refractivity contribution in [1.82, 2.24) is 4.57 Å². The molecule has 0 atom stereocenters. The molecule has 0 N–H and O–H groups in total. The van der Waals surface area contributed by atoms with Gasteiger partial charge in [0.1, 0.15) is 6.54 Å². The van der Waals surface area contributed by atoms with Gasteiger partial charge in [0.25, 0.3) is 0 Å². The van der Waals surface area contributed by atoms with Crippen LogP contribution in [0.4, 0.5) is 13.2 Å². The van der Waals surface area contributed by atoms with Crippen LogP contribution in [0.1, 0.15) is 18.1 Å². The predicted octanol–water partition coefficient (Wildman–Crippen LogP) is 1.02. The molecule has 2 nitrogen and oxygen atoms in total. The van der Waals surface area contributed by atoms with Crippen molar-refractivity contribution in [3.05, 3.63) is 66.0 Å². The number of aryl methyl sites for hydroxylation is 1. The highest BCUT2D eigenvalue weighted by atomic mass is 35.5. The number of benzene rings is 2. The molecular weight excluding hydrogens is 325 g/mol. The Kier molecular flexibility index (Phi) is 5.00. The van der Waals surface area contributed by atoms with E-state index in [4.69, 9.17) is 0 Å². The molecule has 1 heterocycles. The molecule has 0 saturated carbocycles. The number of imidazole rings is 1. The van der Waals surface area contributed by atoms with Gasteiger partial charge >= 0.3 is 6.18 Å². The summed E-state index contributed by atoms with van der Waals surface area (Å²) >= 11 is 0. The van der Waals surface area contributed by atoms with Gasteiger partial charge in [-0.05, 0) is 24.6 Å². The van der Waals surface area contributed by atoms with E-state index in [2.05, 4.69) is 0 Å². The maximum atomic E-state index is 12.9. The van der Waals surface area contributed by atoms with E-state index in [1.165, 1.54) is 6.07 Å². The summed E-state index contributed by atoms with van der Waals surface area (Å²) < 4.78 is 42.5. The van der Waals surface area contributed by atoms with Gasteiger partial charge in [-0.1, -0.05) is 30.3 Å². The molecule has 2 aromatic carbocycles. The second kappa shape index (κ2) is 6.62. The molecular formula is C17H16ClF3N2. The Morgan fingerprint density at radius 2 is 1.74 bits per heavy atom. The lowest BCUT2D eigenvalue weighted by Crippen LogP contribution is -3.00. The quantitative estimate of drug-likeness (QED) is 0.630. The summed E-state index contributed by atoms with van der Waals surface area (Å²) in [7, 11) is 0. The van der Waals surface area contributed by atoms with Gasteiger partial charge in [0.05, 0.1) is 12.1 Å². The van der Waals surface area contributed by atoms with E-state index >= 15 is 0 Å². The predicted molar refractivity (Wildman–Crippen MR) is 78.4 cm³/mol. The first-order chi connectivity index (χ1) is 10.5. The Hall–Kier alpha value is -2.01. The summed E-state index contributed by atoms with van der Waals surface area (Å²) in [4.78, 5) is 0. The summed E-state index contributed by atoms with van der Waals surface area (Å²) in [6.07, 6.45) is -2.45. The van der Waals surface area contributed by atoms with Gasteiger partial charge in [-0.2, -0.15) is 13.2 Å². The maximum absolute atomic E-state index is 12.9. The smallest absolute Gasteiger partial charge is 0.416 e. The lowest BCUT2D eigenvalue weighted by molar-refractivity contribution is -0.663. The Labute approximate surface area is 138 Å². The molecule has 0 aliphatic rings. The molecule has 23 heavy (non-hydrogen) atoms. The maximum Gasteiger partial charge on any atom is 0.416 e. The number of alkyl halides is 3. The van der Waals surface area contributed by atoms with Crippen LogP contribution in [0.25, 0.3) is 11.0 Å². The summed E-state index contributed by atoms with van der Waals surface area (Å²) in [5, 5.41) is 0. The molecule has 0 radical (unpaired) electrons. The average Bonchev–Trinajstić information content (AvgIpc) is 2.85. The zero-order chi connectivity index (χ0) is 15.7. The van der Waals surface area contributed by atoms with Crippen LogP contribution in [-0.4, -0.2) is 4.57 Å². The third kappa shape index (κ3) is 3.50. The molecule has 3 aromatic rings. The van der Waals surface area contributed by atoms with Crippen LogP contribution in [0, 0.1) is 0 Å². The fourth-order valence-electron chi connectivity index (χ4n) is 2.62. The van der Waals surface area contributed by atoms with Crippen molar-refractivity contribution in [3.8, 4) is 0 Å². The lowest BCUT2D eigenvalue weighted by Gasteiger charge is -2.05. The largest absolute Gasteiger partial charge is 1.00 e. The van der Waals surface area contributed by atoms with Crippen molar-refractivity contribution in [2.75, 3.05) is 0 Å². The highest BCUT2D eigenvalue weighted by molar-refractivity contribution is 5.73. The summed E-state index contributed by atoms with van der Waals surface area (Å²) in [5.41, 5.74) is 1.91. The molecule has 1 aromatic heterocycles. The van der Waals surface area contributed by atoms with Crippen molar-refractivity contribution in [3.63, 3.8) is 0 Å². The SMILES string of the molecule is CCn1c[n+](Cc2ccccc2)c2ccc(C(F)(F)F)cc21.[Cl-]. The zero-order valence-electron chi connectivity index (χ0n) is 12.5. The first-order valence-electron chi connectivity index (χ1n) is 7.12. The van der Waals surface area contributed by atoms with Crippen molar-refractivity contribution < 1.29 is 30.1 Å². The Morgan fingerprint density at radius 1 is 1.04 bits per heavy atom. The van der Waals surface area contributed by atoms with Crippen molar-refractivity contribution in [2.45, 2.75) is 26.2 Å². The molecule has 0 aliphatic carbocycles. The van der Waals surface area contributed by atoms with Gasteiger partial charge in [0, 0.05) is 6.07 Å². The molecule has 0 unspecified atom stereocenters. The normalized spacial score (nSPS) is 11.5. The van der Waals surface area contributed by atoms with E-state index < -0.39 is 11.7 Å². The van der Waals surface area contributed by atoms with Crippen LogP contribution in [0.15, 0.2) is 54.9 Å². The van der Waals surface area contributed by atoms with Crippen LogP contribution in [0.3, 0.4) is 0 Å². The van der Waals surface area contributed by atoms with Gasteiger partial charge in [-0.3, -0.25) is 0 Å². The zero-order valence-corrected chi connectivity index (χ0v) is 13.3. The first kappa shape index (κ1) is 17.3. The minimum Gasteiger partial charge on any atom is -1.00 e. The van der Waals surface area contributed by atoms with Gasteiger partial charge < -0.3 is 12.4 Å². The highest BCUT2D eigenvalue weighted by Gasteiger charge is 2.32. The van der Waals surface area contributed by atoms with Crippen LogP contribution in [0.5, 0.6) is 0 Å². The number of fused-ring (bicyclic) bond motifs is 1. The van der Waals surface area contributed by atoms with E-state index in [1.807, 2.05) is 52.7 Å². The van der Waals surface area contributed by atoms with E-state index in [0.717, 1.165) is 17.1 Å². The number of rotatable bonds is 3. The number of aromatic nitrogens is 2. The van der Waals surface area contributed by atoms with Crippen LogP contribution in [-0.2, 0) is 19.3 Å². The fraction of sp³-hybridized carbons (Fsp3) is 0.235. The van der Waals surface area contributed by atoms with Crippen LogP contribution in [0.2, 0.25) is 0 Å². The van der Waals surface area contributed by atoms with E-state index in [9.17, 15) is 13.2 Å². The van der Waals surface area contributed by atoms with Crippen LogP contribution >= 0.6 is 0 Å². The second-order valence-electron chi connectivity index (χ2n) is 5.22. The van der Waals surface area contributed by atoms with E-state index in [0.29, 0.717) is 18.6 Å². The molecule has 0 fully saturated rings. The second-order valence-corrected chi connectivity index (χ2v) is 5.22. The Balaban J connectivity index is 0.00000192. The molecule has 0 bridgehead atoms. The minimum absolute atomic E-state index is 0. The monoisotopic (exact) mass is 340 g/mol. The third-order valence-electron chi connectivity index (χ3n) is 3.74. The minimum atomic E-state index is -4.32. The third-order valence-corrected chi connectivity index (χ3v) is 3.74. The first-order valence-corrected chi connectivity index (χ1v) is 7.12. The molecule has 6 heteroatoms. The Morgan fingerprint density at radius 3 is 2.35 bits per heavy atom. The molecule has 0 spiro atoms. The van der Waals surface area contributed by atoms with E-state index in [1.54, 1.807) is 6.07 Å². The van der Waals surface area contributed by atoms with E-state index in [-0.39, 0.29) is 12.4 Å². The van der Waals surface area contributed by atoms with Crippen molar-refractivity contribution in [1.29, 1.82) is 0 Å². The summed E-state index contributed by atoms with van der Waals surface area (Å²) in [5.74, 6) is 0. The molecule has 122 valence electrons. The molecule has 0 amide bonds. The Bertz CT molecular complexity index is 795. The van der Waals surface area contributed by atoms with Gasteiger partial charge in [0.2, 0.25) is 6.33 Å².